The largest absolute Gasteiger partial charge is 0.354 e. The van der Waals surface area contributed by atoms with Gasteiger partial charge < -0.3 is 10.6 Å². The Morgan fingerprint density at radius 1 is 1.32 bits per heavy atom. The van der Waals surface area contributed by atoms with Crippen LogP contribution in [0, 0.1) is 0 Å². The first-order valence-corrected chi connectivity index (χ1v) is 7.28. The first-order chi connectivity index (χ1) is 9.21. The Kier molecular flexibility index (Phi) is 4.97. The van der Waals surface area contributed by atoms with Crippen molar-refractivity contribution < 1.29 is 4.79 Å². The molecule has 0 spiro atoms. The summed E-state index contributed by atoms with van der Waals surface area (Å²) in [5.74, 6) is 0.153. The van der Waals surface area contributed by atoms with Crippen molar-refractivity contribution in [2.24, 2.45) is 0 Å². The molecule has 3 heteroatoms. The van der Waals surface area contributed by atoms with Crippen LogP contribution < -0.4 is 10.6 Å². The summed E-state index contributed by atoms with van der Waals surface area (Å²) in [6.45, 7) is 3.72. The smallest absolute Gasteiger partial charge is 0.240 e. The van der Waals surface area contributed by atoms with Crippen LogP contribution in [0.15, 0.2) is 30.3 Å². The lowest BCUT2D eigenvalue weighted by atomic mass is 9.90. The van der Waals surface area contributed by atoms with Crippen LogP contribution in [-0.2, 0) is 11.2 Å². The second-order valence-electron chi connectivity index (χ2n) is 5.56. The van der Waals surface area contributed by atoms with Gasteiger partial charge in [-0.05, 0) is 51.1 Å². The molecule has 1 saturated heterocycles. The van der Waals surface area contributed by atoms with Crippen LogP contribution in [0.1, 0.15) is 38.2 Å². The van der Waals surface area contributed by atoms with Crippen LogP contribution in [0.5, 0.6) is 0 Å². The number of amides is 1. The third kappa shape index (κ3) is 4.06. The first kappa shape index (κ1) is 14.1. The summed E-state index contributed by atoms with van der Waals surface area (Å²) in [4.78, 5) is 12.2. The molecule has 0 saturated carbocycles. The summed E-state index contributed by atoms with van der Waals surface area (Å²) in [5, 5.41) is 6.40. The predicted octanol–water partition coefficient (Wildman–Crippen LogP) is 2.27. The van der Waals surface area contributed by atoms with E-state index in [1.54, 1.807) is 0 Å². The van der Waals surface area contributed by atoms with Crippen molar-refractivity contribution >= 4 is 5.91 Å². The van der Waals surface area contributed by atoms with Crippen LogP contribution in [0.25, 0.3) is 0 Å². The molecule has 1 amide bonds. The highest BCUT2D eigenvalue weighted by molar-refractivity contribution is 5.85. The maximum Gasteiger partial charge on any atom is 0.240 e. The monoisotopic (exact) mass is 260 g/mol. The molecule has 1 unspecified atom stereocenters. The molecule has 2 rings (SSSR count). The van der Waals surface area contributed by atoms with Gasteiger partial charge in [0, 0.05) is 6.54 Å². The van der Waals surface area contributed by atoms with Crippen molar-refractivity contribution in [2.45, 2.75) is 44.6 Å². The Labute approximate surface area is 115 Å². The van der Waals surface area contributed by atoms with E-state index in [2.05, 4.69) is 34.9 Å². The van der Waals surface area contributed by atoms with Gasteiger partial charge in [-0.1, -0.05) is 30.3 Å². The highest BCUT2D eigenvalue weighted by Gasteiger charge is 2.33. The lowest BCUT2D eigenvalue weighted by Crippen LogP contribution is -2.57. The van der Waals surface area contributed by atoms with Crippen LogP contribution in [0.2, 0.25) is 0 Å². The fourth-order valence-electron chi connectivity index (χ4n) is 2.58. The predicted molar refractivity (Wildman–Crippen MR) is 78.0 cm³/mol. The van der Waals surface area contributed by atoms with E-state index in [0.717, 1.165) is 38.8 Å². The Hall–Kier alpha value is -1.35. The zero-order chi connectivity index (χ0) is 13.6. The summed E-state index contributed by atoms with van der Waals surface area (Å²) >= 11 is 0. The topological polar surface area (TPSA) is 41.1 Å². The Morgan fingerprint density at radius 2 is 2.11 bits per heavy atom. The van der Waals surface area contributed by atoms with Crippen molar-refractivity contribution in [1.82, 2.24) is 10.6 Å². The third-order valence-corrected chi connectivity index (χ3v) is 3.89. The molecule has 1 aromatic rings. The molecule has 104 valence electrons. The molecule has 1 aliphatic rings. The van der Waals surface area contributed by atoms with E-state index in [9.17, 15) is 4.79 Å². The molecule has 0 aliphatic carbocycles. The molecule has 3 nitrogen and oxygen atoms in total. The van der Waals surface area contributed by atoms with Gasteiger partial charge in [0.1, 0.15) is 0 Å². The molecular formula is C16H24N2O. The quantitative estimate of drug-likeness (QED) is 0.797. The molecule has 1 aliphatic heterocycles. The van der Waals surface area contributed by atoms with Crippen LogP contribution in [0.4, 0.5) is 0 Å². The van der Waals surface area contributed by atoms with Crippen molar-refractivity contribution in [3.8, 4) is 0 Å². The van der Waals surface area contributed by atoms with Crippen molar-refractivity contribution in [1.29, 1.82) is 0 Å². The fraction of sp³-hybridized carbons (Fsp3) is 0.562. The summed E-state index contributed by atoms with van der Waals surface area (Å²) in [7, 11) is 0. The van der Waals surface area contributed by atoms with Crippen molar-refractivity contribution in [2.75, 3.05) is 13.1 Å². The van der Waals surface area contributed by atoms with Gasteiger partial charge in [-0.3, -0.25) is 4.79 Å². The lowest BCUT2D eigenvalue weighted by molar-refractivity contribution is -0.127. The van der Waals surface area contributed by atoms with Gasteiger partial charge in [-0.2, -0.15) is 0 Å². The number of carbonyl (C=O) groups excluding carboxylic acids is 1. The number of rotatable bonds is 5. The van der Waals surface area contributed by atoms with E-state index >= 15 is 0 Å². The van der Waals surface area contributed by atoms with Gasteiger partial charge >= 0.3 is 0 Å². The molecule has 0 aromatic heterocycles. The second kappa shape index (κ2) is 6.71. The maximum atomic E-state index is 12.2. The van der Waals surface area contributed by atoms with E-state index in [1.165, 1.54) is 12.0 Å². The SMILES string of the molecule is CC1(C(=O)NCCCc2ccccc2)CCCCN1. The standard InChI is InChI=1S/C16H24N2O/c1-16(11-5-6-13-18-16)15(19)17-12-7-10-14-8-3-2-4-9-14/h2-4,8-9,18H,5-7,10-13H2,1H3,(H,17,19). The molecular weight excluding hydrogens is 236 g/mol. The number of hydrogen-bond donors (Lipinski definition) is 2. The highest BCUT2D eigenvalue weighted by Crippen LogP contribution is 2.18. The van der Waals surface area contributed by atoms with Gasteiger partial charge in [0.2, 0.25) is 5.91 Å². The van der Waals surface area contributed by atoms with E-state index in [0.29, 0.717) is 0 Å². The summed E-state index contributed by atoms with van der Waals surface area (Å²) in [5.41, 5.74) is 0.976. The van der Waals surface area contributed by atoms with Gasteiger partial charge in [-0.25, -0.2) is 0 Å². The third-order valence-electron chi connectivity index (χ3n) is 3.89. The van der Waals surface area contributed by atoms with Crippen LogP contribution >= 0.6 is 0 Å². The summed E-state index contributed by atoms with van der Waals surface area (Å²) in [6, 6.07) is 10.4. The van der Waals surface area contributed by atoms with Crippen LogP contribution in [-0.4, -0.2) is 24.5 Å². The maximum absolute atomic E-state index is 12.2. The van der Waals surface area contributed by atoms with E-state index in [1.807, 2.05) is 13.0 Å². The molecule has 0 bridgehead atoms. The number of nitrogens with one attached hydrogen (secondary N) is 2. The molecule has 1 atom stereocenters. The van der Waals surface area contributed by atoms with E-state index < -0.39 is 0 Å². The zero-order valence-corrected chi connectivity index (χ0v) is 11.7. The number of benzene rings is 1. The summed E-state index contributed by atoms with van der Waals surface area (Å²) in [6.07, 6.45) is 5.27. The van der Waals surface area contributed by atoms with E-state index in [4.69, 9.17) is 0 Å². The minimum Gasteiger partial charge on any atom is -0.354 e. The highest BCUT2D eigenvalue weighted by atomic mass is 16.2. The van der Waals surface area contributed by atoms with E-state index in [-0.39, 0.29) is 11.4 Å². The average Bonchev–Trinajstić information content (AvgIpc) is 2.45. The first-order valence-electron chi connectivity index (χ1n) is 7.28. The van der Waals surface area contributed by atoms with Gasteiger partial charge in [0.15, 0.2) is 0 Å². The minimum absolute atomic E-state index is 0.153. The lowest BCUT2D eigenvalue weighted by Gasteiger charge is -2.33. The average molecular weight is 260 g/mol. The number of piperidine rings is 1. The molecule has 1 heterocycles. The minimum atomic E-state index is -0.356. The van der Waals surface area contributed by atoms with Crippen LogP contribution in [0.3, 0.4) is 0 Å². The normalized spacial score (nSPS) is 23.0. The Balaban J connectivity index is 1.69. The molecule has 2 N–H and O–H groups in total. The molecule has 1 fully saturated rings. The fourth-order valence-corrected chi connectivity index (χ4v) is 2.58. The molecule has 1 aromatic carbocycles. The number of hydrogen-bond acceptors (Lipinski definition) is 2. The number of aryl methyl sites for hydroxylation is 1. The zero-order valence-electron chi connectivity index (χ0n) is 11.7. The Morgan fingerprint density at radius 3 is 2.79 bits per heavy atom. The molecule has 0 radical (unpaired) electrons. The van der Waals surface area contributed by atoms with Gasteiger partial charge in [0.05, 0.1) is 5.54 Å². The Bertz CT molecular complexity index is 396. The molecule has 19 heavy (non-hydrogen) atoms. The number of carbonyl (C=O) groups is 1. The van der Waals surface area contributed by atoms with Gasteiger partial charge in [-0.15, -0.1) is 0 Å². The van der Waals surface area contributed by atoms with Crippen molar-refractivity contribution in [3.63, 3.8) is 0 Å². The van der Waals surface area contributed by atoms with Gasteiger partial charge in [0.25, 0.3) is 0 Å². The summed E-state index contributed by atoms with van der Waals surface area (Å²) < 4.78 is 0. The van der Waals surface area contributed by atoms with Crippen molar-refractivity contribution in [3.05, 3.63) is 35.9 Å². The second-order valence-corrected chi connectivity index (χ2v) is 5.56.